The number of unbranched alkanes of at least 4 members (excludes halogenated alkanes) is 6. The maximum absolute atomic E-state index is 12.3. The van der Waals surface area contributed by atoms with Gasteiger partial charge in [-0.1, -0.05) is 59.8 Å². The number of hydrogen-bond acceptors (Lipinski definition) is 12. The van der Waals surface area contributed by atoms with Crippen molar-refractivity contribution in [3.8, 4) is 11.5 Å². The molecular formula is C40H60Cl2O13. The Morgan fingerprint density at radius 1 is 0.618 bits per heavy atom. The van der Waals surface area contributed by atoms with Crippen molar-refractivity contribution in [3.63, 3.8) is 0 Å². The fourth-order valence-electron chi connectivity index (χ4n) is 6.03. The fourth-order valence-corrected chi connectivity index (χ4v) is 6.03. The number of fused-ring (bicyclic) bond motifs is 2. The van der Waals surface area contributed by atoms with E-state index in [1.54, 1.807) is 48.5 Å². The van der Waals surface area contributed by atoms with Crippen LogP contribution in [0.25, 0.3) is 0 Å². The Balaban J connectivity index is 0.000000297. The van der Waals surface area contributed by atoms with Crippen LogP contribution >= 0.6 is 23.2 Å². The number of carbonyl (C=O) groups excluding carboxylic acids is 1. The van der Waals surface area contributed by atoms with Gasteiger partial charge >= 0.3 is 11.9 Å². The molecule has 4 aliphatic heterocycles. The number of aromatic carboxylic acids is 1. The summed E-state index contributed by atoms with van der Waals surface area (Å²) in [6, 6.07) is 13.5. The minimum absolute atomic E-state index is 0. The number of aliphatic hydroxyl groups is 3. The van der Waals surface area contributed by atoms with Crippen molar-refractivity contribution in [2.24, 2.45) is 0 Å². The topological polar surface area (TPSA) is 180 Å². The number of rotatable bonds is 15. The predicted molar refractivity (Wildman–Crippen MR) is 209 cm³/mol. The summed E-state index contributed by atoms with van der Waals surface area (Å²) < 4.78 is 37.7. The number of carboxylic acid groups (broad SMARTS) is 1. The van der Waals surface area contributed by atoms with Crippen LogP contribution in [-0.4, -0.2) is 126 Å². The monoisotopic (exact) mass is 818 g/mol. The highest BCUT2D eigenvalue weighted by Crippen LogP contribution is 2.30. The Morgan fingerprint density at radius 2 is 1.00 bits per heavy atom. The normalized spacial score (nSPS) is 25.7. The number of hydrogen-bond donors (Lipinski definition) is 4. The van der Waals surface area contributed by atoms with E-state index in [-0.39, 0.29) is 57.5 Å². The summed E-state index contributed by atoms with van der Waals surface area (Å²) in [5.74, 6) is 0.157. The molecule has 312 valence electrons. The molecule has 4 fully saturated rings. The number of aliphatic hydroxyl groups excluding tert-OH is 3. The molecule has 0 aliphatic carbocycles. The molecular weight excluding hydrogens is 759 g/mol. The van der Waals surface area contributed by atoms with E-state index in [9.17, 15) is 14.7 Å². The molecule has 4 saturated heterocycles. The van der Waals surface area contributed by atoms with Crippen molar-refractivity contribution in [2.75, 3.05) is 45.0 Å². The molecule has 4 heterocycles. The summed E-state index contributed by atoms with van der Waals surface area (Å²) >= 11 is 9.53. The van der Waals surface area contributed by atoms with Gasteiger partial charge in [0, 0.05) is 0 Å². The number of alkyl halides is 2. The minimum atomic E-state index is -0.908. The van der Waals surface area contributed by atoms with Crippen LogP contribution in [0.15, 0.2) is 48.5 Å². The van der Waals surface area contributed by atoms with Crippen molar-refractivity contribution >= 4 is 35.1 Å². The lowest BCUT2D eigenvalue weighted by Gasteiger charge is -2.16. The van der Waals surface area contributed by atoms with Crippen LogP contribution in [-0.2, 0) is 23.7 Å². The maximum atomic E-state index is 12.3. The Hall–Kier alpha value is -2.72. The van der Waals surface area contributed by atoms with E-state index in [1.807, 2.05) is 0 Å². The lowest BCUT2D eigenvalue weighted by atomic mass is 10.1. The summed E-state index contributed by atoms with van der Waals surface area (Å²) in [4.78, 5) is 22.9. The second-order valence-electron chi connectivity index (χ2n) is 13.1. The first kappa shape index (κ1) is 48.4. The van der Waals surface area contributed by atoms with Crippen molar-refractivity contribution < 1.29 is 63.2 Å². The molecule has 0 spiro atoms. The minimum Gasteiger partial charge on any atom is -0.494 e. The molecule has 15 heteroatoms. The smallest absolute Gasteiger partial charge is 0.338 e. The van der Waals surface area contributed by atoms with Gasteiger partial charge < -0.3 is 53.6 Å². The molecule has 2 aromatic rings. The van der Waals surface area contributed by atoms with Gasteiger partial charge in [-0.2, -0.15) is 0 Å². The van der Waals surface area contributed by atoms with Crippen LogP contribution in [0.2, 0.25) is 0 Å². The van der Waals surface area contributed by atoms with E-state index in [0.29, 0.717) is 24.3 Å². The molecule has 0 bridgehead atoms. The molecule has 55 heavy (non-hydrogen) atoms. The van der Waals surface area contributed by atoms with E-state index in [1.165, 1.54) is 38.5 Å². The quantitative estimate of drug-likeness (QED) is 0.0903. The third kappa shape index (κ3) is 16.3. The number of carboxylic acids is 1. The molecule has 0 amide bonds. The standard InChI is InChI=1S/C19H26O6.C13H18O3.C6H10O4.CH2Cl2.CH4/c1-2-3-4-5-10-22-14-8-6-13(7-9-14)19(21)25-16-12-24-17-15(20)11-23-18(16)17;1-2-3-4-5-10-16-12-8-6-11(7-9-12)13(14)15;7-3-1-9-6-4(8)2-10-5(3)6;2-1-3;/h6-9,15-18,20H,2-5,10-12H2,1H3;6-9H,2-5,10H2,1H3,(H,14,15);3-8H,1-2H2;1H2;1H4/t15-,16+,17+,18+;;3-,4+,5-,6-;;/m0.1../s1. The number of carbonyl (C=O) groups is 2. The van der Waals surface area contributed by atoms with Gasteiger partial charge in [0.05, 0.1) is 56.1 Å². The predicted octanol–water partition coefficient (Wildman–Crippen LogP) is 6.24. The summed E-state index contributed by atoms with van der Waals surface area (Å²) in [5.41, 5.74) is 0.749. The highest BCUT2D eigenvalue weighted by atomic mass is 35.5. The summed E-state index contributed by atoms with van der Waals surface area (Å²) in [7, 11) is 0. The molecule has 8 atom stereocenters. The highest BCUT2D eigenvalue weighted by molar-refractivity contribution is 6.40. The van der Waals surface area contributed by atoms with Gasteiger partial charge in [-0.25, -0.2) is 9.59 Å². The third-order valence-corrected chi connectivity index (χ3v) is 8.97. The van der Waals surface area contributed by atoms with Crippen LogP contribution < -0.4 is 9.47 Å². The average Bonchev–Trinajstić information content (AvgIpc) is 3.95. The van der Waals surface area contributed by atoms with Crippen LogP contribution in [0, 0.1) is 0 Å². The largest absolute Gasteiger partial charge is 0.494 e. The molecule has 0 saturated carbocycles. The highest BCUT2D eigenvalue weighted by Gasteiger charge is 2.49. The maximum Gasteiger partial charge on any atom is 0.338 e. The lowest BCUT2D eigenvalue weighted by molar-refractivity contribution is -0.0209. The first-order valence-electron chi connectivity index (χ1n) is 18.7. The number of esters is 1. The summed E-state index contributed by atoms with van der Waals surface area (Å²) in [6.45, 7) is 6.77. The Morgan fingerprint density at radius 3 is 1.42 bits per heavy atom. The van der Waals surface area contributed by atoms with Crippen LogP contribution in [0.4, 0.5) is 0 Å². The van der Waals surface area contributed by atoms with E-state index in [4.69, 9.17) is 71.7 Å². The van der Waals surface area contributed by atoms with Gasteiger partial charge in [0.25, 0.3) is 0 Å². The molecule has 13 nitrogen and oxygen atoms in total. The van der Waals surface area contributed by atoms with E-state index in [2.05, 4.69) is 13.8 Å². The first-order chi connectivity index (χ1) is 26.1. The van der Waals surface area contributed by atoms with Crippen molar-refractivity contribution in [2.45, 2.75) is 121 Å². The van der Waals surface area contributed by atoms with E-state index in [0.717, 1.165) is 24.3 Å². The Kier molecular flexibility index (Phi) is 23.8. The second kappa shape index (κ2) is 27.0. The molecule has 4 N–H and O–H groups in total. The molecule has 0 radical (unpaired) electrons. The van der Waals surface area contributed by atoms with Crippen LogP contribution in [0.1, 0.15) is 93.4 Å². The zero-order chi connectivity index (χ0) is 39.3. The molecule has 0 aromatic heterocycles. The first-order valence-corrected chi connectivity index (χ1v) is 19.7. The van der Waals surface area contributed by atoms with Gasteiger partial charge in [0.15, 0.2) is 6.10 Å². The zero-order valence-corrected chi connectivity index (χ0v) is 32.6. The number of halogens is 2. The SMILES string of the molecule is C.CCCCCCOc1ccc(C(=O)O)cc1.CCCCCCOc1ccc(C(=O)O[C@@H]2CO[C@H]3[C@@H]2OC[C@@H]3O)cc1.ClCCl.O[C@@H]1CO[C@H]2[C@@H]1OC[C@@H]2O. The number of ether oxygens (including phenoxy) is 7. The van der Waals surface area contributed by atoms with Gasteiger partial charge in [0.2, 0.25) is 0 Å². The van der Waals surface area contributed by atoms with Crippen LogP contribution in [0.3, 0.4) is 0 Å². The van der Waals surface area contributed by atoms with Gasteiger partial charge in [0.1, 0.15) is 54.2 Å². The fraction of sp³-hybridized carbons (Fsp3) is 0.650. The van der Waals surface area contributed by atoms with Gasteiger partial charge in [-0.05, 0) is 61.4 Å². The van der Waals surface area contributed by atoms with Gasteiger partial charge in [-0.15, -0.1) is 23.2 Å². The van der Waals surface area contributed by atoms with Crippen molar-refractivity contribution in [3.05, 3.63) is 59.7 Å². The van der Waals surface area contributed by atoms with E-state index >= 15 is 0 Å². The molecule has 0 unspecified atom stereocenters. The molecule has 4 aliphatic rings. The molecule has 2 aromatic carbocycles. The zero-order valence-electron chi connectivity index (χ0n) is 31.1. The average molecular weight is 820 g/mol. The summed E-state index contributed by atoms with van der Waals surface area (Å²) in [5, 5.41) is 36.9. The third-order valence-electron chi connectivity index (χ3n) is 8.97. The van der Waals surface area contributed by atoms with E-state index < -0.39 is 42.5 Å². The Bertz CT molecular complexity index is 1320. The summed E-state index contributed by atoms with van der Waals surface area (Å²) in [6.07, 6.45) is 5.70. The van der Waals surface area contributed by atoms with Gasteiger partial charge in [-0.3, -0.25) is 0 Å². The van der Waals surface area contributed by atoms with Crippen LogP contribution in [0.5, 0.6) is 11.5 Å². The van der Waals surface area contributed by atoms with Crippen molar-refractivity contribution in [1.82, 2.24) is 0 Å². The number of benzene rings is 2. The second-order valence-corrected chi connectivity index (χ2v) is 13.9. The lowest BCUT2D eigenvalue weighted by Crippen LogP contribution is -2.34. The molecule has 6 rings (SSSR count). The Labute approximate surface area is 335 Å². The van der Waals surface area contributed by atoms with Crippen molar-refractivity contribution in [1.29, 1.82) is 0 Å².